The Balaban J connectivity index is 0.000000442. The molecule has 1 nitrogen and oxygen atoms in total. The van der Waals surface area contributed by atoms with Crippen LogP contribution in [-0.4, -0.2) is 4.98 Å². The van der Waals surface area contributed by atoms with Crippen molar-refractivity contribution < 1.29 is 4.39 Å². The molecule has 0 spiro atoms. The largest absolute Gasteiger partial charge is 0.361 e. The Labute approximate surface area is 98.8 Å². The van der Waals surface area contributed by atoms with Crippen molar-refractivity contribution in [2.75, 3.05) is 0 Å². The molecule has 0 aliphatic heterocycles. The highest BCUT2D eigenvalue weighted by molar-refractivity contribution is 9.10. The van der Waals surface area contributed by atoms with Crippen molar-refractivity contribution in [3.63, 3.8) is 0 Å². The molecule has 2 rings (SSSR count). The van der Waals surface area contributed by atoms with Crippen LogP contribution < -0.4 is 0 Å². The van der Waals surface area contributed by atoms with Crippen LogP contribution in [0.5, 0.6) is 0 Å². The van der Waals surface area contributed by atoms with Crippen LogP contribution in [0.15, 0.2) is 28.9 Å². The minimum atomic E-state index is -0.230. The molecule has 0 aliphatic carbocycles. The molecule has 1 aromatic heterocycles. The Morgan fingerprint density at radius 2 is 1.73 bits per heavy atom. The lowest BCUT2D eigenvalue weighted by Crippen LogP contribution is -1.75. The van der Waals surface area contributed by atoms with Crippen LogP contribution in [0.25, 0.3) is 10.9 Å². The molecule has 1 N–H and O–H groups in total. The zero-order valence-corrected chi connectivity index (χ0v) is 11.2. The molecule has 1 aromatic carbocycles. The fourth-order valence-corrected chi connectivity index (χ4v) is 1.65. The number of hydrogen-bond acceptors (Lipinski definition) is 0. The van der Waals surface area contributed by atoms with Gasteiger partial charge in [0.25, 0.3) is 0 Å². The summed E-state index contributed by atoms with van der Waals surface area (Å²) in [7, 11) is 0. The number of halogens is 2. The summed E-state index contributed by atoms with van der Waals surface area (Å²) in [5.41, 5.74) is 0.817. The van der Waals surface area contributed by atoms with Gasteiger partial charge in [-0.25, -0.2) is 4.39 Å². The van der Waals surface area contributed by atoms with Crippen LogP contribution in [0.3, 0.4) is 0 Å². The number of aromatic amines is 1. The Bertz CT molecular complexity index is 395. The van der Waals surface area contributed by atoms with E-state index in [1.807, 2.05) is 33.8 Å². The van der Waals surface area contributed by atoms with Crippen molar-refractivity contribution in [3.05, 3.63) is 34.7 Å². The molecule has 0 bridgehead atoms. The SMILES string of the molecule is CC.CC.Fc1cc(Br)c2cc[nH]c2c1. The first-order valence-electron chi connectivity index (χ1n) is 5.19. The van der Waals surface area contributed by atoms with Crippen molar-refractivity contribution in [2.24, 2.45) is 0 Å². The fourth-order valence-electron chi connectivity index (χ4n) is 1.09. The van der Waals surface area contributed by atoms with Gasteiger partial charge in [0.1, 0.15) is 5.82 Å². The van der Waals surface area contributed by atoms with E-state index in [-0.39, 0.29) is 5.82 Å². The van der Waals surface area contributed by atoms with Crippen molar-refractivity contribution in [2.45, 2.75) is 27.7 Å². The second-order valence-corrected chi connectivity index (χ2v) is 3.18. The van der Waals surface area contributed by atoms with E-state index in [0.717, 1.165) is 15.4 Å². The highest BCUT2D eigenvalue weighted by Crippen LogP contribution is 2.23. The Hall–Kier alpha value is -0.830. The second-order valence-electron chi connectivity index (χ2n) is 2.33. The summed E-state index contributed by atoms with van der Waals surface area (Å²) in [6.07, 6.45) is 1.79. The number of benzene rings is 1. The molecule has 2 aromatic rings. The fraction of sp³-hybridized carbons (Fsp3) is 0.333. The van der Waals surface area contributed by atoms with E-state index in [9.17, 15) is 4.39 Å². The Morgan fingerprint density at radius 1 is 1.13 bits per heavy atom. The molecular weight excluding hydrogens is 257 g/mol. The zero-order chi connectivity index (χ0) is 11.8. The summed E-state index contributed by atoms with van der Waals surface area (Å²) in [6.45, 7) is 8.00. The van der Waals surface area contributed by atoms with Gasteiger partial charge in [0.15, 0.2) is 0 Å². The summed E-state index contributed by atoms with van der Waals surface area (Å²) in [4.78, 5) is 2.93. The third-order valence-corrected chi connectivity index (χ3v) is 2.24. The Kier molecular flexibility index (Phi) is 7.05. The van der Waals surface area contributed by atoms with Gasteiger partial charge in [-0.2, -0.15) is 0 Å². The minimum Gasteiger partial charge on any atom is -0.361 e. The highest BCUT2D eigenvalue weighted by Gasteiger charge is 2.00. The summed E-state index contributed by atoms with van der Waals surface area (Å²) < 4.78 is 13.5. The normalized spacial score (nSPS) is 8.67. The molecule has 15 heavy (non-hydrogen) atoms. The van der Waals surface area contributed by atoms with Crippen LogP contribution in [0.1, 0.15) is 27.7 Å². The molecule has 84 valence electrons. The van der Waals surface area contributed by atoms with Gasteiger partial charge in [-0.3, -0.25) is 0 Å². The summed E-state index contributed by atoms with van der Waals surface area (Å²) in [5.74, 6) is -0.230. The minimum absolute atomic E-state index is 0.230. The first-order chi connectivity index (χ1) is 7.27. The van der Waals surface area contributed by atoms with Crippen LogP contribution >= 0.6 is 15.9 Å². The average Bonchev–Trinajstić information content (AvgIpc) is 2.72. The number of rotatable bonds is 0. The standard InChI is InChI=1S/C8H5BrFN.2C2H6/c9-7-3-5(10)4-8-6(7)1-2-11-8;2*1-2/h1-4,11H;2*1-2H3. The molecule has 0 saturated carbocycles. The zero-order valence-electron chi connectivity index (χ0n) is 9.57. The van der Waals surface area contributed by atoms with Gasteiger partial charge < -0.3 is 4.98 Å². The van der Waals surface area contributed by atoms with E-state index in [1.165, 1.54) is 12.1 Å². The lowest BCUT2D eigenvalue weighted by atomic mass is 10.2. The van der Waals surface area contributed by atoms with E-state index >= 15 is 0 Å². The molecule has 0 fully saturated rings. The van der Waals surface area contributed by atoms with Gasteiger partial charge in [-0.1, -0.05) is 27.7 Å². The van der Waals surface area contributed by atoms with Crippen molar-refractivity contribution in [1.82, 2.24) is 4.98 Å². The second kappa shape index (κ2) is 7.46. The monoisotopic (exact) mass is 273 g/mol. The summed E-state index contributed by atoms with van der Waals surface area (Å²) in [5, 5.41) is 1.01. The number of fused-ring (bicyclic) bond motifs is 1. The number of hydrogen-bond donors (Lipinski definition) is 1. The molecule has 1 heterocycles. The van der Waals surface area contributed by atoms with Crippen molar-refractivity contribution in [3.8, 4) is 0 Å². The van der Waals surface area contributed by atoms with Crippen LogP contribution in [0, 0.1) is 5.82 Å². The van der Waals surface area contributed by atoms with Gasteiger partial charge in [-0.05, 0) is 34.1 Å². The number of H-pyrrole nitrogens is 1. The van der Waals surface area contributed by atoms with E-state index in [0.29, 0.717) is 0 Å². The predicted octanol–water partition coefficient (Wildman–Crippen LogP) is 5.12. The molecular formula is C12H17BrFN. The van der Waals surface area contributed by atoms with E-state index in [2.05, 4.69) is 20.9 Å². The number of aromatic nitrogens is 1. The third-order valence-electron chi connectivity index (χ3n) is 1.58. The molecule has 0 amide bonds. The van der Waals surface area contributed by atoms with Crippen LogP contribution in [0.2, 0.25) is 0 Å². The average molecular weight is 274 g/mol. The molecule has 0 unspecified atom stereocenters. The lowest BCUT2D eigenvalue weighted by Gasteiger charge is -1.93. The Morgan fingerprint density at radius 3 is 2.33 bits per heavy atom. The van der Waals surface area contributed by atoms with Gasteiger partial charge in [0.2, 0.25) is 0 Å². The lowest BCUT2D eigenvalue weighted by molar-refractivity contribution is 0.628. The van der Waals surface area contributed by atoms with E-state index in [1.54, 1.807) is 6.20 Å². The third kappa shape index (κ3) is 3.67. The smallest absolute Gasteiger partial charge is 0.126 e. The molecule has 0 atom stereocenters. The van der Waals surface area contributed by atoms with E-state index < -0.39 is 0 Å². The van der Waals surface area contributed by atoms with Gasteiger partial charge in [0, 0.05) is 21.6 Å². The topological polar surface area (TPSA) is 15.8 Å². The molecule has 0 saturated heterocycles. The van der Waals surface area contributed by atoms with Crippen molar-refractivity contribution >= 4 is 26.8 Å². The summed E-state index contributed by atoms with van der Waals surface area (Å²) in [6, 6.07) is 4.83. The molecule has 0 radical (unpaired) electrons. The van der Waals surface area contributed by atoms with Crippen molar-refractivity contribution in [1.29, 1.82) is 0 Å². The number of nitrogens with one attached hydrogen (secondary N) is 1. The van der Waals surface area contributed by atoms with E-state index in [4.69, 9.17) is 0 Å². The first-order valence-corrected chi connectivity index (χ1v) is 5.99. The van der Waals surface area contributed by atoms with Gasteiger partial charge in [-0.15, -0.1) is 0 Å². The molecule has 0 aliphatic rings. The van der Waals surface area contributed by atoms with Gasteiger partial charge >= 0.3 is 0 Å². The van der Waals surface area contributed by atoms with Crippen LogP contribution in [0.4, 0.5) is 4.39 Å². The van der Waals surface area contributed by atoms with Gasteiger partial charge in [0.05, 0.1) is 0 Å². The highest BCUT2D eigenvalue weighted by atomic mass is 79.9. The maximum absolute atomic E-state index is 12.7. The molecule has 3 heteroatoms. The maximum Gasteiger partial charge on any atom is 0.126 e. The quantitative estimate of drug-likeness (QED) is 0.686. The summed E-state index contributed by atoms with van der Waals surface area (Å²) >= 11 is 3.27. The maximum atomic E-state index is 12.7. The predicted molar refractivity (Wildman–Crippen MR) is 68.7 cm³/mol. The first kappa shape index (κ1) is 14.2. The van der Waals surface area contributed by atoms with Crippen LogP contribution in [-0.2, 0) is 0 Å².